The van der Waals surface area contributed by atoms with Crippen LogP contribution in [0.25, 0.3) is 0 Å². The van der Waals surface area contributed by atoms with E-state index in [1.807, 2.05) is 0 Å². The molecule has 0 aromatic carbocycles. The first-order chi connectivity index (χ1) is 7.86. The van der Waals surface area contributed by atoms with Gasteiger partial charge < -0.3 is 5.32 Å². The summed E-state index contributed by atoms with van der Waals surface area (Å²) < 4.78 is 0.999. The lowest BCUT2D eigenvalue weighted by molar-refractivity contribution is -0.116. The predicted octanol–water partition coefficient (Wildman–Crippen LogP) is 3.05. The number of amidine groups is 1. The van der Waals surface area contributed by atoms with Crippen molar-refractivity contribution in [2.45, 2.75) is 26.2 Å². The molecule has 0 saturated carbocycles. The normalized spacial score (nSPS) is 18.8. The van der Waals surface area contributed by atoms with Gasteiger partial charge in [-0.1, -0.05) is 43.9 Å². The summed E-state index contributed by atoms with van der Waals surface area (Å²) in [7, 11) is 0. The third kappa shape index (κ3) is 3.08. The van der Waals surface area contributed by atoms with Gasteiger partial charge in [0.25, 0.3) is 0 Å². The highest BCUT2D eigenvalue weighted by Crippen LogP contribution is 2.37. The molecule has 1 amide bonds. The van der Waals surface area contributed by atoms with E-state index in [4.69, 9.17) is 0 Å². The summed E-state index contributed by atoms with van der Waals surface area (Å²) >= 11 is 6.40. The van der Waals surface area contributed by atoms with Gasteiger partial charge in [0.1, 0.15) is 0 Å². The Balaban J connectivity index is 2.27. The van der Waals surface area contributed by atoms with E-state index in [9.17, 15) is 4.79 Å². The van der Waals surface area contributed by atoms with Crippen molar-refractivity contribution in [3.63, 3.8) is 0 Å². The molecule has 1 aromatic rings. The molecule has 1 aliphatic rings. The fourth-order valence-electron chi connectivity index (χ4n) is 1.27. The monoisotopic (exact) mass is 333 g/mol. The van der Waals surface area contributed by atoms with Crippen LogP contribution in [-0.4, -0.2) is 21.8 Å². The molecular formula is C10H12BrN3OS2. The number of hydrogen-bond donors (Lipinski definition) is 1. The van der Waals surface area contributed by atoms with Gasteiger partial charge >= 0.3 is 0 Å². The summed E-state index contributed by atoms with van der Waals surface area (Å²) in [5.74, 6) is 0.442. The second-order valence-corrected chi connectivity index (χ2v) is 7.88. The van der Waals surface area contributed by atoms with Gasteiger partial charge in [-0.15, -0.1) is 0 Å². The zero-order valence-electron chi connectivity index (χ0n) is 9.70. The lowest BCUT2D eigenvalue weighted by Crippen LogP contribution is -2.19. The third-order valence-corrected chi connectivity index (χ3v) is 4.54. The number of amides is 1. The van der Waals surface area contributed by atoms with Crippen LogP contribution in [0.1, 0.15) is 26.5 Å². The number of hydrogen-bond acceptors (Lipinski definition) is 5. The first-order valence-electron chi connectivity index (χ1n) is 5.04. The van der Waals surface area contributed by atoms with Crippen LogP contribution < -0.4 is 5.32 Å². The molecule has 4 nitrogen and oxygen atoms in total. The molecule has 0 radical (unpaired) electrons. The van der Waals surface area contributed by atoms with Gasteiger partial charge in [0.2, 0.25) is 11.0 Å². The Morgan fingerprint density at radius 1 is 1.47 bits per heavy atom. The topological polar surface area (TPSA) is 54.4 Å². The van der Waals surface area contributed by atoms with Crippen molar-refractivity contribution >= 4 is 55.2 Å². The standard InChI is InChI=1S/C10H12BrN3OS2/c1-10(2,3)6-7(11)17-9(13-6)14-8-12-5(15)4-16-8/h4H2,1-3H3,(H,12,13,14,15). The van der Waals surface area contributed by atoms with Crippen molar-refractivity contribution in [1.29, 1.82) is 0 Å². The minimum absolute atomic E-state index is 0.000386. The number of aliphatic imine (C=N–C) groups is 1. The van der Waals surface area contributed by atoms with Crippen molar-refractivity contribution in [1.82, 2.24) is 10.3 Å². The first-order valence-corrected chi connectivity index (χ1v) is 7.64. The molecule has 1 N–H and O–H groups in total. The lowest BCUT2D eigenvalue weighted by atomic mass is 9.93. The number of halogens is 1. The third-order valence-electron chi connectivity index (χ3n) is 2.07. The molecule has 2 rings (SSSR count). The highest BCUT2D eigenvalue weighted by atomic mass is 79.9. The minimum Gasteiger partial charge on any atom is -0.304 e. The number of thiazole rings is 1. The van der Waals surface area contributed by atoms with E-state index in [1.54, 1.807) is 0 Å². The Hall–Kier alpha value is -0.400. The molecule has 0 unspecified atom stereocenters. The zero-order chi connectivity index (χ0) is 12.6. The van der Waals surface area contributed by atoms with E-state index in [0.29, 0.717) is 16.1 Å². The predicted molar refractivity (Wildman–Crippen MR) is 76.2 cm³/mol. The van der Waals surface area contributed by atoms with Crippen LogP contribution in [0.4, 0.5) is 5.13 Å². The largest absolute Gasteiger partial charge is 0.304 e. The molecule has 92 valence electrons. The minimum atomic E-state index is -0.0141. The summed E-state index contributed by atoms with van der Waals surface area (Å²) in [5, 5.41) is 4.00. The SMILES string of the molecule is CC(C)(C)c1nc(/N=C2\NC(=O)CS2)sc1Br. The molecule has 1 aromatic heterocycles. The lowest BCUT2D eigenvalue weighted by Gasteiger charge is -2.15. The highest BCUT2D eigenvalue weighted by molar-refractivity contribution is 9.11. The summed E-state index contributed by atoms with van der Waals surface area (Å²) in [6, 6.07) is 0. The Morgan fingerprint density at radius 2 is 2.18 bits per heavy atom. The van der Waals surface area contributed by atoms with E-state index < -0.39 is 0 Å². The smallest absolute Gasteiger partial charge is 0.236 e. The number of rotatable bonds is 1. The second kappa shape index (κ2) is 4.70. The van der Waals surface area contributed by atoms with Gasteiger partial charge in [-0.25, -0.2) is 4.98 Å². The molecule has 17 heavy (non-hydrogen) atoms. The van der Waals surface area contributed by atoms with Crippen molar-refractivity contribution in [2.24, 2.45) is 4.99 Å². The summed E-state index contributed by atoms with van der Waals surface area (Å²) in [4.78, 5) is 19.9. The molecule has 1 saturated heterocycles. The van der Waals surface area contributed by atoms with Gasteiger partial charge in [-0.2, -0.15) is 4.99 Å². The molecule has 7 heteroatoms. The molecule has 0 aliphatic carbocycles. The number of carbonyl (C=O) groups is 1. The van der Waals surface area contributed by atoms with Gasteiger partial charge in [-0.3, -0.25) is 4.79 Å². The summed E-state index contributed by atoms with van der Waals surface area (Å²) in [6.45, 7) is 6.32. The van der Waals surface area contributed by atoms with Crippen LogP contribution >= 0.6 is 39.0 Å². The van der Waals surface area contributed by atoms with Crippen LogP contribution in [0.15, 0.2) is 8.78 Å². The molecular weight excluding hydrogens is 322 g/mol. The van der Waals surface area contributed by atoms with Gasteiger partial charge in [-0.05, 0) is 15.9 Å². The van der Waals surface area contributed by atoms with Gasteiger partial charge in [0.05, 0.1) is 15.2 Å². The van der Waals surface area contributed by atoms with Gasteiger partial charge in [0.15, 0.2) is 5.17 Å². The number of thioether (sulfide) groups is 1. The van der Waals surface area contributed by atoms with Crippen molar-refractivity contribution in [2.75, 3.05) is 5.75 Å². The molecule has 0 bridgehead atoms. The van der Waals surface area contributed by atoms with Crippen molar-refractivity contribution in [3.8, 4) is 0 Å². The first kappa shape index (κ1) is 13.0. The van der Waals surface area contributed by atoms with E-state index >= 15 is 0 Å². The van der Waals surface area contributed by atoms with Crippen LogP contribution in [0, 0.1) is 0 Å². The van der Waals surface area contributed by atoms with Gasteiger partial charge in [0, 0.05) is 5.41 Å². The van der Waals surface area contributed by atoms with E-state index in [0.717, 1.165) is 9.48 Å². The maximum atomic E-state index is 11.0. The number of aromatic nitrogens is 1. The van der Waals surface area contributed by atoms with E-state index in [-0.39, 0.29) is 11.3 Å². The second-order valence-electron chi connectivity index (χ2n) is 4.62. The molecule has 0 atom stereocenters. The fourth-order valence-corrected chi connectivity index (χ4v) is 4.01. The maximum absolute atomic E-state index is 11.0. The number of nitrogens with zero attached hydrogens (tertiary/aromatic N) is 2. The van der Waals surface area contributed by atoms with Crippen molar-refractivity contribution in [3.05, 3.63) is 9.48 Å². The molecule has 0 spiro atoms. The molecule has 1 fully saturated rings. The average Bonchev–Trinajstić information content (AvgIpc) is 2.72. The maximum Gasteiger partial charge on any atom is 0.236 e. The highest BCUT2D eigenvalue weighted by Gasteiger charge is 2.23. The molecule has 2 heterocycles. The Kier molecular flexibility index (Phi) is 3.61. The molecule has 1 aliphatic heterocycles. The number of nitrogens with one attached hydrogen (secondary N) is 1. The van der Waals surface area contributed by atoms with Crippen LogP contribution in [0.3, 0.4) is 0 Å². The Labute approximate surface area is 116 Å². The quantitative estimate of drug-likeness (QED) is 0.859. The van der Waals surface area contributed by atoms with E-state index in [2.05, 4.69) is 52.0 Å². The van der Waals surface area contributed by atoms with Crippen LogP contribution in [-0.2, 0) is 10.2 Å². The average molecular weight is 334 g/mol. The summed E-state index contributed by atoms with van der Waals surface area (Å²) in [6.07, 6.45) is 0. The Morgan fingerprint density at radius 3 is 2.65 bits per heavy atom. The fraction of sp³-hybridized carbons (Fsp3) is 0.500. The summed E-state index contributed by atoms with van der Waals surface area (Å²) in [5.41, 5.74) is 0.982. The van der Waals surface area contributed by atoms with Crippen LogP contribution in [0.5, 0.6) is 0 Å². The zero-order valence-corrected chi connectivity index (χ0v) is 12.9. The van der Waals surface area contributed by atoms with Crippen molar-refractivity contribution < 1.29 is 4.79 Å². The van der Waals surface area contributed by atoms with Crippen LogP contribution in [0.2, 0.25) is 0 Å². The Bertz CT molecular complexity index is 490. The van der Waals surface area contributed by atoms with E-state index in [1.165, 1.54) is 23.1 Å². The number of carbonyl (C=O) groups excluding carboxylic acids is 1.